The minimum Gasteiger partial charge on any atom is -0.316 e. The molecule has 1 unspecified atom stereocenters. The van der Waals surface area contributed by atoms with Gasteiger partial charge in [-0.15, -0.1) is 0 Å². The first kappa shape index (κ1) is 13.3. The summed E-state index contributed by atoms with van der Waals surface area (Å²) >= 11 is 0. The average molecular weight is 266 g/mol. The summed E-state index contributed by atoms with van der Waals surface area (Å²) in [5, 5.41) is 4.84. The lowest BCUT2D eigenvalue weighted by atomic mass is 9.94. The lowest BCUT2D eigenvalue weighted by Crippen LogP contribution is -2.25. The van der Waals surface area contributed by atoms with E-state index in [1.165, 1.54) is 30.2 Å². The summed E-state index contributed by atoms with van der Waals surface area (Å²) in [4.78, 5) is 4.51. The summed E-state index contributed by atoms with van der Waals surface area (Å²) in [6.07, 6.45) is 11.4. The fourth-order valence-electron chi connectivity index (χ4n) is 2.94. The lowest BCUT2D eigenvalue weighted by molar-refractivity contribution is 0.443. The molecule has 2 heteroatoms. The first-order valence-electron chi connectivity index (χ1n) is 7.62. The van der Waals surface area contributed by atoms with Crippen LogP contribution < -0.4 is 5.32 Å². The quantitative estimate of drug-likeness (QED) is 0.659. The molecule has 0 fully saturated rings. The Morgan fingerprint density at radius 3 is 3.00 bits per heavy atom. The number of benzene rings is 1. The van der Waals surface area contributed by atoms with E-state index in [0.717, 1.165) is 30.9 Å². The molecule has 0 amide bonds. The SMILES string of the molecule is C1=CCC(CNCCc2cccc3cccnc23)CC1. The maximum Gasteiger partial charge on any atom is 0.0734 e. The van der Waals surface area contributed by atoms with E-state index in [1.54, 1.807) is 0 Å². The molecule has 20 heavy (non-hydrogen) atoms. The van der Waals surface area contributed by atoms with E-state index in [9.17, 15) is 0 Å². The second kappa shape index (κ2) is 6.67. The Morgan fingerprint density at radius 1 is 1.15 bits per heavy atom. The Morgan fingerprint density at radius 2 is 2.10 bits per heavy atom. The van der Waals surface area contributed by atoms with Gasteiger partial charge in [-0.3, -0.25) is 4.98 Å². The number of para-hydroxylation sites is 1. The molecule has 104 valence electrons. The van der Waals surface area contributed by atoms with E-state index < -0.39 is 0 Å². The zero-order chi connectivity index (χ0) is 13.6. The molecule has 1 aromatic heterocycles. The molecule has 0 radical (unpaired) electrons. The third kappa shape index (κ3) is 3.26. The maximum absolute atomic E-state index is 4.51. The van der Waals surface area contributed by atoms with Crippen LogP contribution in [0, 0.1) is 5.92 Å². The molecule has 1 aromatic carbocycles. The van der Waals surface area contributed by atoms with Crippen molar-refractivity contribution < 1.29 is 0 Å². The molecule has 1 aliphatic rings. The smallest absolute Gasteiger partial charge is 0.0734 e. The minimum absolute atomic E-state index is 0.825. The zero-order valence-corrected chi connectivity index (χ0v) is 11.9. The molecule has 0 saturated carbocycles. The molecule has 1 heterocycles. The number of nitrogens with one attached hydrogen (secondary N) is 1. The highest BCUT2D eigenvalue weighted by Gasteiger charge is 2.09. The average Bonchev–Trinajstić information content (AvgIpc) is 2.53. The van der Waals surface area contributed by atoms with Crippen LogP contribution in [-0.4, -0.2) is 18.1 Å². The van der Waals surface area contributed by atoms with Gasteiger partial charge in [0.05, 0.1) is 5.52 Å². The normalized spacial score (nSPS) is 18.5. The van der Waals surface area contributed by atoms with Crippen LogP contribution in [-0.2, 0) is 6.42 Å². The van der Waals surface area contributed by atoms with Crippen molar-refractivity contribution in [3.8, 4) is 0 Å². The van der Waals surface area contributed by atoms with Crippen molar-refractivity contribution in [2.75, 3.05) is 13.1 Å². The number of pyridine rings is 1. The molecular formula is C18H22N2. The van der Waals surface area contributed by atoms with Gasteiger partial charge >= 0.3 is 0 Å². The maximum atomic E-state index is 4.51. The van der Waals surface area contributed by atoms with Crippen molar-refractivity contribution in [2.24, 2.45) is 5.92 Å². The third-order valence-corrected chi connectivity index (χ3v) is 4.10. The van der Waals surface area contributed by atoms with Gasteiger partial charge in [-0.2, -0.15) is 0 Å². The van der Waals surface area contributed by atoms with E-state index in [-0.39, 0.29) is 0 Å². The van der Waals surface area contributed by atoms with Crippen molar-refractivity contribution in [3.63, 3.8) is 0 Å². The molecule has 0 aliphatic heterocycles. The van der Waals surface area contributed by atoms with Crippen molar-refractivity contribution in [1.29, 1.82) is 0 Å². The van der Waals surface area contributed by atoms with Crippen LogP contribution in [0.2, 0.25) is 0 Å². The molecule has 0 saturated heterocycles. The minimum atomic E-state index is 0.825. The van der Waals surface area contributed by atoms with Gasteiger partial charge in [-0.25, -0.2) is 0 Å². The van der Waals surface area contributed by atoms with Gasteiger partial charge in [-0.05, 0) is 56.3 Å². The summed E-state index contributed by atoms with van der Waals surface area (Å²) in [7, 11) is 0. The Hall–Kier alpha value is -1.67. The highest BCUT2D eigenvalue weighted by atomic mass is 14.9. The van der Waals surface area contributed by atoms with Crippen molar-refractivity contribution >= 4 is 10.9 Å². The fourth-order valence-corrected chi connectivity index (χ4v) is 2.94. The molecule has 0 bridgehead atoms. The number of aromatic nitrogens is 1. The summed E-state index contributed by atoms with van der Waals surface area (Å²) < 4.78 is 0. The van der Waals surface area contributed by atoms with Crippen LogP contribution in [0.25, 0.3) is 10.9 Å². The van der Waals surface area contributed by atoms with E-state index in [2.05, 4.69) is 46.7 Å². The lowest BCUT2D eigenvalue weighted by Gasteiger charge is -2.18. The summed E-state index contributed by atoms with van der Waals surface area (Å²) in [6.45, 7) is 2.18. The fraction of sp³-hybridized carbons (Fsp3) is 0.389. The predicted molar refractivity (Wildman–Crippen MR) is 84.8 cm³/mol. The Balaban J connectivity index is 1.53. The monoisotopic (exact) mass is 266 g/mol. The van der Waals surface area contributed by atoms with Crippen molar-refractivity contribution in [1.82, 2.24) is 10.3 Å². The third-order valence-electron chi connectivity index (χ3n) is 4.10. The van der Waals surface area contributed by atoms with Crippen LogP contribution in [0.3, 0.4) is 0 Å². The van der Waals surface area contributed by atoms with Gasteiger partial charge < -0.3 is 5.32 Å². The molecule has 0 spiro atoms. The van der Waals surface area contributed by atoms with Crippen LogP contribution in [0.4, 0.5) is 0 Å². The standard InChI is InChI=1S/C18H22N2/c1-2-6-15(7-3-1)14-19-13-11-17-9-4-8-16-10-5-12-20-18(16)17/h1-2,4-5,8-10,12,15,19H,3,6-7,11,13-14H2. The Bertz CT molecular complexity index is 583. The van der Waals surface area contributed by atoms with Gasteiger partial charge in [0.25, 0.3) is 0 Å². The van der Waals surface area contributed by atoms with E-state index in [4.69, 9.17) is 0 Å². The van der Waals surface area contributed by atoms with Crippen LogP contribution >= 0.6 is 0 Å². The second-order valence-electron chi connectivity index (χ2n) is 5.60. The van der Waals surface area contributed by atoms with Crippen LogP contribution in [0.5, 0.6) is 0 Å². The number of rotatable bonds is 5. The van der Waals surface area contributed by atoms with E-state index >= 15 is 0 Å². The van der Waals surface area contributed by atoms with E-state index in [0.29, 0.717) is 0 Å². The summed E-state index contributed by atoms with van der Waals surface area (Å²) in [5.74, 6) is 0.825. The second-order valence-corrected chi connectivity index (χ2v) is 5.60. The highest BCUT2D eigenvalue weighted by molar-refractivity contribution is 5.81. The molecule has 3 rings (SSSR count). The van der Waals surface area contributed by atoms with Crippen molar-refractivity contribution in [2.45, 2.75) is 25.7 Å². The number of hydrogen-bond donors (Lipinski definition) is 1. The molecule has 2 aromatic rings. The molecule has 1 aliphatic carbocycles. The largest absolute Gasteiger partial charge is 0.316 e. The van der Waals surface area contributed by atoms with Gasteiger partial charge in [0.15, 0.2) is 0 Å². The Labute approximate surface area is 120 Å². The molecular weight excluding hydrogens is 244 g/mol. The summed E-state index contributed by atoms with van der Waals surface area (Å²) in [5.41, 5.74) is 2.50. The van der Waals surface area contributed by atoms with Gasteiger partial charge in [0, 0.05) is 11.6 Å². The van der Waals surface area contributed by atoms with Gasteiger partial charge in [-0.1, -0.05) is 36.4 Å². The number of nitrogens with zero attached hydrogens (tertiary/aromatic N) is 1. The predicted octanol–water partition coefficient (Wildman–Crippen LogP) is 3.72. The Kier molecular flexibility index (Phi) is 4.44. The molecule has 2 nitrogen and oxygen atoms in total. The topological polar surface area (TPSA) is 24.9 Å². The first-order valence-corrected chi connectivity index (χ1v) is 7.62. The van der Waals surface area contributed by atoms with Crippen molar-refractivity contribution in [3.05, 3.63) is 54.2 Å². The highest BCUT2D eigenvalue weighted by Crippen LogP contribution is 2.18. The molecule has 1 atom stereocenters. The van der Waals surface area contributed by atoms with Gasteiger partial charge in [0.2, 0.25) is 0 Å². The zero-order valence-electron chi connectivity index (χ0n) is 11.9. The number of allylic oxidation sites excluding steroid dienone is 2. The van der Waals surface area contributed by atoms with E-state index in [1.807, 2.05) is 12.3 Å². The first-order chi connectivity index (χ1) is 9.93. The van der Waals surface area contributed by atoms with Crippen LogP contribution in [0.1, 0.15) is 24.8 Å². The summed E-state index contributed by atoms with van der Waals surface area (Å²) in [6, 6.07) is 10.6. The molecule has 1 N–H and O–H groups in total. The van der Waals surface area contributed by atoms with Crippen LogP contribution in [0.15, 0.2) is 48.7 Å². The number of fused-ring (bicyclic) bond motifs is 1. The number of hydrogen-bond acceptors (Lipinski definition) is 2. The van der Waals surface area contributed by atoms with Gasteiger partial charge in [0.1, 0.15) is 0 Å².